The number of fused-ring (bicyclic) bond motifs is 1. The topological polar surface area (TPSA) is 259 Å². The standard InChI is InChI=1S/C31H37BrClN9O8/c1-42-14-17(33)9-23(42)30(49)35-6-2-3-26(45)39-22-12-37-27(46)20(7-15-11-36-19-5-4-16(32)8-18(15)19)41-31(50)24(43)13-38-28(47)21(10-25(34)44)40-29(22)48/h4-5,8-9,11,14,20-22,24,36,43H,2-3,6-7,10,12-13H2,1H3,(H2,34,44)(H,35,49)(H,37,46)(H,38,47)(H,39,45)(H,40,48)(H,41,50). The Morgan fingerprint density at radius 2 is 1.72 bits per heavy atom. The van der Waals surface area contributed by atoms with E-state index in [1.54, 1.807) is 24.0 Å². The molecule has 1 fully saturated rings. The van der Waals surface area contributed by atoms with E-state index < -0.39 is 85.1 Å². The number of benzene rings is 1. The van der Waals surface area contributed by atoms with Crippen LogP contribution in [-0.2, 0) is 42.2 Å². The molecule has 1 aliphatic rings. The summed E-state index contributed by atoms with van der Waals surface area (Å²) in [5.74, 6) is -5.51. The number of H-pyrrole nitrogens is 1. The first-order chi connectivity index (χ1) is 23.7. The number of primary amides is 1. The third kappa shape index (κ3) is 10.3. The van der Waals surface area contributed by atoms with E-state index in [0.717, 1.165) is 15.4 Å². The van der Waals surface area contributed by atoms with Crippen molar-refractivity contribution in [2.45, 2.75) is 49.9 Å². The van der Waals surface area contributed by atoms with E-state index >= 15 is 0 Å². The Kier molecular flexibility index (Phi) is 13.0. The van der Waals surface area contributed by atoms with Crippen LogP contribution in [0.5, 0.6) is 0 Å². The average molecular weight is 779 g/mol. The van der Waals surface area contributed by atoms with Gasteiger partial charge in [-0.1, -0.05) is 27.5 Å². The molecule has 3 aromatic rings. The maximum absolute atomic E-state index is 13.5. The number of hydrogen-bond donors (Lipinski definition) is 9. The Labute approximate surface area is 298 Å². The van der Waals surface area contributed by atoms with E-state index in [1.807, 2.05) is 18.2 Å². The maximum atomic E-state index is 13.5. The van der Waals surface area contributed by atoms with Crippen LogP contribution in [0.15, 0.2) is 41.1 Å². The number of rotatable bonds is 10. The summed E-state index contributed by atoms with van der Waals surface area (Å²) >= 11 is 9.35. The molecule has 1 aliphatic heterocycles. The van der Waals surface area contributed by atoms with Crippen molar-refractivity contribution in [2.75, 3.05) is 19.6 Å². The summed E-state index contributed by atoms with van der Waals surface area (Å²) in [5.41, 5.74) is 7.02. The van der Waals surface area contributed by atoms with E-state index in [9.17, 15) is 38.7 Å². The molecule has 10 N–H and O–H groups in total. The number of amides is 7. The zero-order valence-electron chi connectivity index (χ0n) is 26.8. The van der Waals surface area contributed by atoms with Gasteiger partial charge in [-0.3, -0.25) is 33.6 Å². The van der Waals surface area contributed by atoms with Gasteiger partial charge >= 0.3 is 0 Å². The number of aliphatic hydroxyl groups is 1. The molecule has 4 unspecified atom stereocenters. The number of carbonyl (C=O) groups excluding carboxylic acids is 7. The summed E-state index contributed by atoms with van der Waals surface area (Å²) in [5, 5.41) is 26.5. The lowest BCUT2D eigenvalue weighted by Gasteiger charge is -2.26. The lowest BCUT2D eigenvalue weighted by atomic mass is 10.0. The third-order valence-corrected chi connectivity index (χ3v) is 8.50. The van der Waals surface area contributed by atoms with Crippen LogP contribution in [0.25, 0.3) is 10.9 Å². The van der Waals surface area contributed by atoms with E-state index in [0.29, 0.717) is 16.3 Å². The molecule has 4 rings (SSSR count). The minimum atomic E-state index is -1.79. The molecule has 1 saturated heterocycles. The highest BCUT2D eigenvalue weighted by molar-refractivity contribution is 9.10. The number of nitrogens with two attached hydrogens (primary N) is 1. The van der Waals surface area contributed by atoms with Gasteiger partial charge in [0.05, 0.1) is 18.0 Å². The molecule has 2 aromatic heterocycles. The smallest absolute Gasteiger partial charge is 0.267 e. The van der Waals surface area contributed by atoms with Gasteiger partial charge in [-0.2, -0.15) is 0 Å². The predicted octanol–water partition coefficient (Wildman–Crippen LogP) is -1.39. The second-order valence-corrected chi connectivity index (χ2v) is 13.0. The molecule has 50 heavy (non-hydrogen) atoms. The highest BCUT2D eigenvalue weighted by atomic mass is 79.9. The van der Waals surface area contributed by atoms with Gasteiger partial charge in [0.2, 0.25) is 29.5 Å². The maximum Gasteiger partial charge on any atom is 0.267 e. The molecule has 19 heteroatoms. The summed E-state index contributed by atoms with van der Waals surface area (Å²) in [6, 6.07) is 2.76. The van der Waals surface area contributed by atoms with E-state index in [4.69, 9.17) is 17.3 Å². The number of carbonyl (C=O) groups is 7. The highest BCUT2D eigenvalue weighted by Gasteiger charge is 2.32. The molecule has 0 radical (unpaired) electrons. The zero-order chi connectivity index (χ0) is 36.5. The molecular formula is C31H37BrClN9O8. The van der Waals surface area contributed by atoms with Gasteiger partial charge in [0.25, 0.3) is 11.8 Å². The molecule has 0 bridgehead atoms. The second-order valence-electron chi connectivity index (χ2n) is 11.6. The fourth-order valence-electron chi connectivity index (χ4n) is 5.21. The Balaban J connectivity index is 1.49. The number of nitrogens with zero attached hydrogens (tertiary/aromatic N) is 1. The first-order valence-electron chi connectivity index (χ1n) is 15.5. The SMILES string of the molecule is Cn1cc(Cl)cc1C(=O)NCCCC(=O)NC1CNC(=O)C(Cc2c[nH]c3ccc(Br)cc23)NC(=O)C(O)CNC(=O)C(CC(N)=O)NC1=O. The van der Waals surface area contributed by atoms with Gasteiger partial charge in [0.1, 0.15) is 29.9 Å². The summed E-state index contributed by atoms with van der Waals surface area (Å²) in [6.45, 7) is -0.986. The normalized spacial score (nSPS) is 20.6. The lowest BCUT2D eigenvalue weighted by molar-refractivity contribution is -0.136. The van der Waals surface area contributed by atoms with E-state index in [-0.39, 0.29) is 25.8 Å². The summed E-state index contributed by atoms with van der Waals surface area (Å²) in [4.78, 5) is 92.9. The number of nitrogens with one attached hydrogen (secondary N) is 7. The third-order valence-electron chi connectivity index (χ3n) is 7.80. The molecule has 4 atom stereocenters. The van der Waals surface area contributed by atoms with E-state index in [1.165, 1.54) is 6.07 Å². The van der Waals surface area contributed by atoms with Crippen molar-refractivity contribution in [3.05, 3.63) is 57.4 Å². The van der Waals surface area contributed by atoms with Crippen molar-refractivity contribution < 1.29 is 38.7 Å². The number of aliphatic hydroxyl groups excluding tert-OH is 1. The zero-order valence-corrected chi connectivity index (χ0v) is 29.2. The molecular weight excluding hydrogens is 742 g/mol. The Morgan fingerprint density at radius 3 is 2.42 bits per heavy atom. The fourth-order valence-corrected chi connectivity index (χ4v) is 5.82. The van der Waals surface area contributed by atoms with E-state index in [2.05, 4.69) is 52.8 Å². The first kappa shape index (κ1) is 37.9. The van der Waals surface area contributed by atoms with Gasteiger partial charge in [0.15, 0.2) is 0 Å². The number of aryl methyl sites for hydroxylation is 1. The van der Waals surface area contributed by atoms with Crippen molar-refractivity contribution in [3.8, 4) is 0 Å². The van der Waals surface area contributed by atoms with Crippen LogP contribution in [-0.4, -0.2) is 99.9 Å². The monoisotopic (exact) mass is 777 g/mol. The van der Waals surface area contributed by atoms with Crippen molar-refractivity contribution in [1.82, 2.24) is 41.5 Å². The number of hydrogen-bond acceptors (Lipinski definition) is 8. The van der Waals surface area contributed by atoms with Crippen molar-refractivity contribution in [1.29, 1.82) is 0 Å². The molecule has 17 nitrogen and oxygen atoms in total. The van der Waals surface area contributed by atoms with Crippen LogP contribution in [0.3, 0.4) is 0 Å². The highest BCUT2D eigenvalue weighted by Crippen LogP contribution is 2.24. The van der Waals surface area contributed by atoms with Crippen molar-refractivity contribution >= 4 is 79.8 Å². The van der Waals surface area contributed by atoms with Crippen LogP contribution in [0.4, 0.5) is 0 Å². The van der Waals surface area contributed by atoms with Crippen molar-refractivity contribution in [2.24, 2.45) is 12.8 Å². The quantitative estimate of drug-likeness (QED) is 0.111. The summed E-state index contributed by atoms with van der Waals surface area (Å²) in [6.07, 6.45) is 0.828. The minimum Gasteiger partial charge on any atom is -0.381 e. The number of aromatic amines is 1. The van der Waals surface area contributed by atoms with Gasteiger partial charge < -0.3 is 52.3 Å². The molecule has 0 saturated carbocycles. The van der Waals surface area contributed by atoms with Crippen LogP contribution in [0.2, 0.25) is 5.02 Å². The molecule has 3 heterocycles. The molecule has 268 valence electrons. The van der Waals surface area contributed by atoms with Crippen molar-refractivity contribution in [3.63, 3.8) is 0 Å². The Morgan fingerprint density at radius 1 is 1.02 bits per heavy atom. The minimum absolute atomic E-state index is 0.0301. The summed E-state index contributed by atoms with van der Waals surface area (Å²) in [7, 11) is 1.66. The predicted molar refractivity (Wildman–Crippen MR) is 183 cm³/mol. The first-order valence-corrected chi connectivity index (χ1v) is 16.7. The number of aromatic nitrogens is 2. The molecule has 0 spiro atoms. The van der Waals surface area contributed by atoms with Crippen LogP contribution in [0, 0.1) is 0 Å². The fraction of sp³-hybridized carbons (Fsp3) is 0.387. The van der Waals surface area contributed by atoms with Crippen LogP contribution >= 0.6 is 27.5 Å². The second kappa shape index (κ2) is 17.1. The van der Waals surface area contributed by atoms with Crippen LogP contribution < -0.4 is 37.6 Å². The van der Waals surface area contributed by atoms with Gasteiger partial charge in [-0.25, -0.2) is 0 Å². The number of β-amino-alcohol motifs (C(OH)–C–C–N with tert-alkyl or cyclic N) is 1. The van der Waals surface area contributed by atoms with Crippen LogP contribution in [0.1, 0.15) is 35.3 Å². The summed E-state index contributed by atoms with van der Waals surface area (Å²) < 4.78 is 2.33. The molecule has 1 aromatic carbocycles. The Bertz CT molecular complexity index is 1790. The Hall–Kier alpha value is -4.94. The van der Waals surface area contributed by atoms with Gasteiger partial charge in [-0.15, -0.1) is 0 Å². The lowest BCUT2D eigenvalue weighted by Crippen LogP contribution is -2.60. The molecule has 7 amide bonds. The molecule has 0 aliphatic carbocycles. The number of halogens is 2. The van der Waals surface area contributed by atoms with Gasteiger partial charge in [-0.05, 0) is 36.2 Å². The average Bonchev–Trinajstić information content (AvgIpc) is 3.62. The largest absolute Gasteiger partial charge is 0.381 e. The van der Waals surface area contributed by atoms with Gasteiger partial charge in [0, 0.05) is 60.7 Å².